The summed E-state index contributed by atoms with van der Waals surface area (Å²) in [4.78, 5) is 11.0. The van der Waals surface area contributed by atoms with E-state index in [1.54, 1.807) is 19.9 Å². The Balaban J connectivity index is 2.92. The molecule has 0 bridgehead atoms. The predicted molar refractivity (Wildman–Crippen MR) is 57.2 cm³/mol. The average Bonchev–Trinajstić information content (AvgIpc) is 2.64. The molecule has 0 aliphatic carbocycles. The molecule has 0 aliphatic heterocycles. The quantitative estimate of drug-likeness (QED) is 0.849. The number of furan rings is 1. The van der Waals surface area contributed by atoms with Crippen LogP contribution in [0.4, 0.5) is 4.39 Å². The zero-order valence-electron chi connectivity index (χ0n) is 9.00. The third-order valence-corrected chi connectivity index (χ3v) is 2.63. The van der Waals surface area contributed by atoms with Crippen molar-refractivity contribution in [2.45, 2.75) is 20.3 Å². The summed E-state index contributed by atoms with van der Waals surface area (Å²) in [5.74, 6) is -1.76. The molecule has 1 heterocycles. The van der Waals surface area contributed by atoms with Gasteiger partial charge in [0.2, 0.25) is 5.76 Å². The monoisotopic (exact) mass is 222 g/mol. The number of halogens is 1. The topological polar surface area (TPSA) is 50.4 Å². The van der Waals surface area contributed by atoms with Crippen molar-refractivity contribution in [3.63, 3.8) is 0 Å². The first-order valence-electron chi connectivity index (χ1n) is 5.00. The van der Waals surface area contributed by atoms with E-state index in [1.165, 1.54) is 6.07 Å². The lowest BCUT2D eigenvalue weighted by atomic mass is 10.1. The number of fused-ring (bicyclic) bond motifs is 1. The maximum atomic E-state index is 13.6. The van der Waals surface area contributed by atoms with Crippen LogP contribution in [0.3, 0.4) is 0 Å². The van der Waals surface area contributed by atoms with E-state index in [2.05, 4.69) is 0 Å². The molecule has 84 valence electrons. The lowest BCUT2D eigenvalue weighted by Gasteiger charge is -1.97. The molecule has 2 aromatic rings. The van der Waals surface area contributed by atoms with E-state index < -0.39 is 11.8 Å². The Bertz CT molecular complexity index is 569. The van der Waals surface area contributed by atoms with Gasteiger partial charge in [-0.3, -0.25) is 0 Å². The molecule has 3 nitrogen and oxygen atoms in total. The SMILES string of the molecule is CCc1c(C(=O)O)oc2c(C)ccc(F)c12. The van der Waals surface area contributed by atoms with Crippen molar-refractivity contribution in [3.8, 4) is 0 Å². The minimum Gasteiger partial charge on any atom is -0.475 e. The molecule has 0 aliphatic rings. The lowest BCUT2D eigenvalue weighted by Crippen LogP contribution is -1.98. The molecule has 0 fully saturated rings. The van der Waals surface area contributed by atoms with E-state index in [4.69, 9.17) is 9.52 Å². The molecule has 0 unspecified atom stereocenters. The highest BCUT2D eigenvalue weighted by molar-refractivity contribution is 5.96. The van der Waals surface area contributed by atoms with Gasteiger partial charge in [-0.25, -0.2) is 9.18 Å². The largest absolute Gasteiger partial charge is 0.475 e. The summed E-state index contributed by atoms with van der Waals surface area (Å²) in [5, 5.41) is 9.25. The summed E-state index contributed by atoms with van der Waals surface area (Å²) in [6.45, 7) is 3.54. The molecule has 0 amide bonds. The Kier molecular flexibility index (Phi) is 2.42. The van der Waals surface area contributed by atoms with Gasteiger partial charge < -0.3 is 9.52 Å². The molecule has 1 aromatic heterocycles. The summed E-state index contributed by atoms with van der Waals surface area (Å²) in [6.07, 6.45) is 0.426. The van der Waals surface area contributed by atoms with Gasteiger partial charge >= 0.3 is 5.97 Å². The molecule has 16 heavy (non-hydrogen) atoms. The van der Waals surface area contributed by atoms with Crippen LogP contribution in [0.1, 0.15) is 28.6 Å². The van der Waals surface area contributed by atoms with Gasteiger partial charge in [0.05, 0.1) is 5.39 Å². The molecule has 1 N–H and O–H groups in total. The summed E-state index contributed by atoms with van der Waals surface area (Å²) in [6, 6.07) is 2.91. The number of hydrogen-bond donors (Lipinski definition) is 1. The first-order chi connectivity index (χ1) is 7.56. The molecule has 1 aromatic carbocycles. The number of carboxylic acid groups (broad SMARTS) is 1. The third-order valence-electron chi connectivity index (χ3n) is 2.63. The number of benzene rings is 1. The molecule has 0 spiro atoms. The van der Waals surface area contributed by atoms with E-state index in [-0.39, 0.29) is 5.76 Å². The molecule has 2 rings (SSSR count). The van der Waals surface area contributed by atoms with Gasteiger partial charge in [0.1, 0.15) is 11.4 Å². The van der Waals surface area contributed by atoms with Crippen molar-refractivity contribution in [3.05, 3.63) is 34.8 Å². The average molecular weight is 222 g/mol. The zero-order valence-corrected chi connectivity index (χ0v) is 9.00. The van der Waals surface area contributed by atoms with E-state index in [1.807, 2.05) is 0 Å². The van der Waals surface area contributed by atoms with Gasteiger partial charge in [-0.15, -0.1) is 0 Å². The number of aryl methyl sites for hydroxylation is 2. The second-order valence-electron chi connectivity index (χ2n) is 3.64. The normalized spacial score (nSPS) is 10.9. The van der Waals surface area contributed by atoms with Crippen molar-refractivity contribution >= 4 is 16.9 Å². The highest BCUT2D eigenvalue weighted by Gasteiger charge is 2.21. The van der Waals surface area contributed by atoms with Crippen LogP contribution in [-0.4, -0.2) is 11.1 Å². The number of aromatic carboxylic acids is 1. The zero-order chi connectivity index (χ0) is 11.9. The highest BCUT2D eigenvalue weighted by atomic mass is 19.1. The molecule has 0 radical (unpaired) electrons. The highest BCUT2D eigenvalue weighted by Crippen LogP contribution is 2.31. The molecule has 4 heteroatoms. The van der Waals surface area contributed by atoms with Gasteiger partial charge in [0, 0.05) is 5.56 Å². The van der Waals surface area contributed by atoms with E-state index in [9.17, 15) is 9.18 Å². The minimum absolute atomic E-state index is 0.161. The summed E-state index contributed by atoms with van der Waals surface area (Å²) < 4.78 is 18.9. The maximum Gasteiger partial charge on any atom is 0.372 e. The van der Waals surface area contributed by atoms with Crippen LogP contribution in [-0.2, 0) is 6.42 Å². The third kappa shape index (κ3) is 1.38. The molecule has 0 atom stereocenters. The number of hydrogen-bond acceptors (Lipinski definition) is 2. The van der Waals surface area contributed by atoms with Crippen molar-refractivity contribution in [2.24, 2.45) is 0 Å². The van der Waals surface area contributed by atoms with E-state index in [0.29, 0.717) is 23.0 Å². The van der Waals surface area contributed by atoms with Crippen LogP contribution in [0.25, 0.3) is 11.0 Å². The van der Waals surface area contributed by atoms with Crippen LogP contribution in [0.2, 0.25) is 0 Å². The molecule has 0 saturated carbocycles. The Morgan fingerprint density at radius 2 is 2.19 bits per heavy atom. The van der Waals surface area contributed by atoms with Gasteiger partial charge in [0.15, 0.2) is 0 Å². The standard InChI is InChI=1S/C12H11FO3/c1-3-7-9-8(13)5-4-6(2)10(9)16-11(7)12(14)15/h4-5H,3H2,1-2H3,(H,14,15). The summed E-state index contributed by atoms with van der Waals surface area (Å²) in [7, 11) is 0. The van der Waals surface area contributed by atoms with Crippen LogP contribution < -0.4 is 0 Å². The number of carboxylic acids is 1. The second kappa shape index (κ2) is 3.63. The Labute approximate surface area is 91.5 Å². The Hall–Kier alpha value is -1.84. The fraction of sp³-hybridized carbons (Fsp3) is 0.250. The van der Waals surface area contributed by atoms with Crippen molar-refractivity contribution in [1.82, 2.24) is 0 Å². The first-order valence-corrected chi connectivity index (χ1v) is 5.00. The maximum absolute atomic E-state index is 13.6. The summed E-state index contributed by atoms with van der Waals surface area (Å²) in [5.41, 5.74) is 1.48. The second-order valence-corrected chi connectivity index (χ2v) is 3.64. The molecular formula is C12H11FO3. The van der Waals surface area contributed by atoms with Gasteiger partial charge in [-0.05, 0) is 25.0 Å². The Morgan fingerprint density at radius 1 is 1.50 bits per heavy atom. The first kappa shape index (κ1) is 10.7. The lowest BCUT2D eigenvalue weighted by molar-refractivity contribution is 0.0663. The van der Waals surface area contributed by atoms with E-state index in [0.717, 1.165) is 5.56 Å². The van der Waals surface area contributed by atoms with Crippen LogP contribution in [0, 0.1) is 12.7 Å². The number of carbonyl (C=O) groups is 1. The predicted octanol–water partition coefficient (Wildman–Crippen LogP) is 3.14. The minimum atomic E-state index is -1.16. The fourth-order valence-electron chi connectivity index (χ4n) is 1.86. The van der Waals surface area contributed by atoms with Gasteiger partial charge in [0.25, 0.3) is 0 Å². The van der Waals surface area contributed by atoms with Crippen molar-refractivity contribution < 1.29 is 18.7 Å². The number of rotatable bonds is 2. The van der Waals surface area contributed by atoms with Crippen LogP contribution >= 0.6 is 0 Å². The van der Waals surface area contributed by atoms with Gasteiger partial charge in [-0.2, -0.15) is 0 Å². The van der Waals surface area contributed by atoms with Crippen LogP contribution in [0.5, 0.6) is 0 Å². The van der Waals surface area contributed by atoms with Crippen molar-refractivity contribution in [1.29, 1.82) is 0 Å². The molecular weight excluding hydrogens is 211 g/mol. The van der Waals surface area contributed by atoms with Crippen LogP contribution in [0.15, 0.2) is 16.5 Å². The molecule has 0 saturated heterocycles. The Morgan fingerprint density at radius 3 is 2.75 bits per heavy atom. The van der Waals surface area contributed by atoms with E-state index >= 15 is 0 Å². The van der Waals surface area contributed by atoms with Gasteiger partial charge in [-0.1, -0.05) is 13.0 Å². The van der Waals surface area contributed by atoms with Crippen molar-refractivity contribution in [2.75, 3.05) is 0 Å². The fourth-order valence-corrected chi connectivity index (χ4v) is 1.86. The smallest absolute Gasteiger partial charge is 0.372 e. The summed E-state index contributed by atoms with van der Waals surface area (Å²) >= 11 is 0.